The van der Waals surface area contributed by atoms with Crippen molar-refractivity contribution in [3.63, 3.8) is 0 Å². The highest BCUT2D eigenvalue weighted by atomic mass is 35.5. The van der Waals surface area contributed by atoms with Crippen molar-refractivity contribution in [3.8, 4) is 11.3 Å². The van der Waals surface area contributed by atoms with Crippen LogP contribution in [0.5, 0.6) is 0 Å². The summed E-state index contributed by atoms with van der Waals surface area (Å²) < 4.78 is 27.2. The fourth-order valence-electron chi connectivity index (χ4n) is 3.31. The van der Waals surface area contributed by atoms with E-state index in [0.717, 1.165) is 16.8 Å². The first kappa shape index (κ1) is 22.3. The number of anilines is 2. The summed E-state index contributed by atoms with van der Waals surface area (Å²) in [7, 11) is -2.62. The number of benzene rings is 1. The fraction of sp³-hybridized carbons (Fsp3) is 0.217. The Balaban J connectivity index is 1.90. The molecule has 6 nitrogen and oxygen atoms in total. The highest BCUT2D eigenvalue weighted by Gasteiger charge is 2.19. The number of nitrogens with zero attached hydrogens (tertiary/aromatic N) is 4. The Bertz CT molecular complexity index is 1400. The number of halogens is 2. The van der Waals surface area contributed by atoms with Gasteiger partial charge < -0.3 is 9.88 Å². The number of aryl methyl sites for hydroxylation is 3. The number of aromatic nitrogens is 4. The van der Waals surface area contributed by atoms with Crippen LogP contribution in [-0.4, -0.2) is 33.3 Å². The molecule has 0 saturated carbocycles. The lowest BCUT2D eigenvalue weighted by Crippen LogP contribution is -2.12. The first-order valence-corrected chi connectivity index (χ1v) is 12.9. The number of fused-ring (bicyclic) bond motifs is 1. The third-order valence-corrected chi connectivity index (χ3v) is 6.72. The van der Waals surface area contributed by atoms with E-state index in [2.05, 4.69) is 25.3 Å². The molecule has 0 unspecified atom stereocenters. The van der Waals surface area contributed by atoms with E-state index in [1.807, 2.05) is 32.0 Å². The third kappa shape index (κ3) is 4.23. The second-order valence-corrected chi connectivity index (χ2v) is 11.6. The zero-order chi connectivity index (χ0) is 23.2. The minimum atomic E-state index is -2.62. The minimum Gasteiger partial charge on any atom is -0.352 e. The van der Waals surface area contributed by atoms with Gasteiger partial charge in [0.25, 0.3) is 0 Å². The van der Waals surface area contributed by atoms with Crippen LogP contribution in [0.3, 0.4) is 0 Å². The molecule has 0 amide bonds. The molecule has 164 valence electrons. The van der Waals surface area contributed by atoms with Crippen LogP contribution in [0.2, 0.25) is 5.02 Å². The van der Waals surface area contributed by atoms with Gasteiger partial charge in [0.15, 0.2) is 11.4 Å². The van der Waals surface area contributed by atoms with E-state index in [4.69, 9.17) is 11.6 Å². The average Bonchev–Trinajstić information content (AvgIpc) is 2.73. The molecule has 0 aliphatic heterocycles. The average molecular weight is 470 g/mol. The molecule has 0 aliphatic rings. The molecule has 0 atom stereocenters. The van der Waals surface area contributed by atoms with Crippen molar-refractivity contribution in [1.82, 2.24) is 19.9 Å². The van der Waals surface area contributed by atoms with Crippen LogP contribution < -0.4 is 10.9 Å². The zero-order valence-corrected chi connectivity index (χ0v) is 20.0. The molecule has 0 radical (unpaired) electrons. The van der Waals surface area contributed by atoms with Gasteiger partial charge in [0.2, 0.25) is 0 Å². The summed E-state index contributed by atoms with van der Waals surface area (Å²) in [4.78, 5) is 17.3. The molecule has 3 aromatic heterocycles. The van der Waals surface area contributed by atoms with Crippen LogP contribution in [-0.2, 0) is 4.57 Å². The van der Waals surface area contributed by atoms with Gasteiger partial charge in [-0.15, -0.1) is 0 Å². The second-order valence-electron chi connectivity index (χ2n) is 8.14. The quantitative estimate of drug-likeness (QED) is 0.381. The lowest BCUT2D eigenvalue weighted by Gasteiger charge is -2.16. The number of rotatable bonds is 4. The van der Waals surface area contributed by atoms with Crippen LogP contribution in [0.25, 0.3) is 22.3 Å². The Morgan fingerprint density at radius 1 is 1.03 bits per heavy atom. The Labute approximate surface area is 190 Å². The Hall–Kier alpha value is -2.89. The molecule has 0 saturated heterocycles. The largest absolute Gasteiger partial charge is 0.352 e. The molecule has 0 bridgehead atoms. The van der Waals surface area contributed by atoms with Gasteiger partial charge in [0.1, 0.15) is 18.4 Å². The van der Waals surface area contributed by atoms with Crippen molar-refractivity contribution in [2.24, 2.45) is 0 Å². The monoisotopic (exact) mass is 469 g/mol. The molecule has 0 aliphatic carbocycles. The lowest BCUT2D eigenvalue weighted by atomic mass is 10.1. The highest BCUT2D eigenvalue weighted by molar-refractivity contribution is 7.69. The van der Waals surface area contributed by atoms with E-state index >= 15 is 0 Å². The molecule has 0 spiro atoms. The molecule has 9 heteroatoms. The smallest absolute Gasteiger partial charge is 0.188 e. The van der Waals surface area contributed by atoms with E-state index in [1.54, 1.807) is 20.3 Å². The molecule has 3 heterocycles. The number of hydrogen-bond donors (Lipinski definition) is 1. The molecular weight excluding hydrogens is 448 g/mol. The summed E-state index contributed by atoms with van der Waals surface area (Å²) in [5.41, 5.74) is 5.59. The van der Waals surface area contributed by atoms with Gasteiger partial charge in [-0.1, -0.05) is 23.7 Å². The summed E-state index contributed by atoms with van der Waals surface area (Å²) in [6, 6.07) is 7.38. The molecule has 4 aromatic rings. The fourth-order valence-corrected chi connectivity index (χ4v) is 4.16. The normalized spacial score (nSPS) is 11.7. The van der Waals surface area contributed by atoms with Crippen LogP contribution >= 0.6 is 18.7 Å². The molecular formula is C23H22ClFN5OP. The number of hydrogen-bond acceptors (Lipinski definition) is 6. The third-order valence-electron chi connectivity index (χ3n) is 5.06. The molecule has 32 heavy (non-hydrogen) atoms. The van der Waals surface area contributed by atoms with Gasteiger partial charge in [-0.05, 0) is 51.3 Å². The van der Waals surface area contributed by atoms with Crippen LogP contribution in [0, 0.1) is 26.6 Å². The van der Waals surface area contributed by atoms with Gasteiger partial charge in [0.05, 0.1) is 21.9 Å². The van der Waals surface area contributed by atoms with Crippen molar-refractivity contribution >= 4 is 46.7 Å². The maximum atomic E-state index is 15.0. The van der Waals surface area contributed by atoms with Crippen molar-refractivity contribution in [1.29, 1.82) is 0 Å². The summed E-state index contributed by atoms with van der Waals surface area (Å²) in [5, 5.41) is 3.78. The summed E-state index contributed by atoms with van der Waals surface area (Å²) >= 11 is 6.61. The Kier molecular flexibility index (Phi) is 5.74. The summed E-state index contributed by atoms with van der Waals surface area (Å²) in [5.74, 6) is -0.558. The zero-order valence-electron chi connectivity index (χ0n) is 18.4. The summed E-state index contributed by atoms with van der Waals surface area (Å²) in [6.45, 7) is 8.92. The molecule has 1 N–H and O–H groups in total. The second kappa shape index (κ2) is 8.23. The minimum absolute atomic E-state index is 0.0665. The predicted octanol–water partition coefficient (Wildman–Crippen LogP) is 5.80. The van der Waals surface area contributed by atoms with Crippen LogP contribution in [0.15, 0.2) is 36.7 Å². The lowest BCUT2D eigenvalue weighted by molar-refractivity contribution is 0.587. The highest BCUT2D eigenvalue weighted by Crippen LogP contribution is 2.37. The van der Waals surface area contributed by atoms with E-state index in [1.165, 1.54) is 18.5 Å². The number of nitrogens with one attached hydrogen (secondary N) is 1. The van der Waals surface area contributed by atoms with Gasteiger partial charge in [-0.3, -0.25) is 0 Å². The standard InChI is InChI=1S/C23H22ClFN5OP/c1-12-6-7-13(2)17(8-12)29-22-19(24)14(3)28-18-9-16(25)20(30-21(18)22)15-10-26-23(27-11-15)32(4,5)31/h6-11H,1-5H3,(H,28,29). The van der Waals surface area contributed by atoms with Gasteiger partial charge >= 0.3 is 0 Å². The molecule has 4 rings (SSSR count). The van der Waals surface area contributed by atoms with E-state index in [9.17, 15) is 8.96 Å². The van der Waals surface area contributed by atoms with Crippen LogP contribution in [0.1, 0.15) is 16.8 Å². The maximum Gasteiger partial charge on any atom is 0.188 e. The molecule has 1 aromatic carbocycles. The molecule has 0 fully saturated rings. The Morgan fingerprint density at radius 3 is 2.38 bits per heavy atom. The van der Waals surface area contributed by atoms with Gasteiger partial charge in [-0.25, -0.2) is 24.3 Å². The van der Waals surface area contributed by atoms with Crippen molar-refractivity contribution in [2.75, 3.05) is 18.6 Å². The first-order valence-electron chi connectivity index (χ1n) is 9.93. The SMILES string of the molecule is Cc1ccc(C)c(Nc2c(Cl)c(C)nc3cc(F)c(-c4cnc(P(C)(C)=O)nc4)nc23)c1. The van der Waals surface area contributed by atoms with Crippen molar-refractivity contribution < 1.29 is 8.96 Å². The summed E-state index contributed by atoms with van der Waals surface area (Å²) in [6.07, 6.45) is 2.86. The van der Waals surface area contributed by atoms with E-state index < -0.39 is 13.0 Å². The van der Waals surface area contributed by atoms with Crippen molar-refractivity contribution in [3.05, 3.63) is 64.3 Å². The maximum absolute atomic E-state index is 15.0. The van der Waals surface area contributed by atoms with Gasteiger partial charge in [0, 0.05) is 29.7 Å². The van der Waals surface area contributed by atoms with E-state index in [-0.39, 0.29) is 11.3 Å². The predicted molar refractivity (Wildman–Crippen MR) is 129 cm³/mol. The number of pyridine rings is 2. The van der Waals surface area contributed by atoms with E-state index in [0.29, 0.717) is 33.0 Å². The van der Waals surface area contributed by atoms with Crippen molar-refractivity contribution in [2.45, 2.75) is 20.8 Å². The topological polar surface area (TPSA) is 80.7 Å². The Morgan fingerprint density at radius 2 is 1.72 bits per heavy atom. The first-order chi connectivity index (χ1) is 15.0. The van der Waals surface area contributed by atoms with Crippen LogP contribution in [0.4, 0.5) is 15.8 Å². The van der Waals surface area contributed by atoms with Gasteiger partial charge in [-0.2, -0.15) is 0 Å².